The fourth-order valence-corrected chi connectivity index (χ4v) is 3.52. The molecule has 0 aromatic heterocycles. The van der Waals surface area contributed by atoms with Gasteiger partial charge in [-0.15, -0.1) is 0 Å². The topological polar surface area (TPSA) is 70.2 Å². The minimum absolute atomic E-state index is 0.0608. The number of aryl methyl sites for hydroxylation is 1. The molecule has 1 aliphatic carbocycles. The van der Waals surface area contributed by atoms with Gasteiger partial charge in [0.05, 0.1) is 6.54 Å². The molecule has 148 valence electrons. The summed E-state index contributed by atoms with van der Waals surface area (Å²) in [7, 11) is 0. The van der Waals surface area contributed by atoms with Crippen LogP contribution in [0.25, 0.3) is 0 Å². The predicted octanol–water partition coefficient (Wildman–Crippen LogP) is 4.76. The van der Waals surface area contributed by atoms with Gasteiger partial charge in [-0.1, -0.05) is 43.0 Å². The summed E-state index contributed by atoms with van der Waals surface area (Å²) in [4.78, 5) is 24.6. The molecule has 5 nitrogen and oxygen atoms in total. The maximum absolute atomic E-state index is 12.5. The van der Waals surface area contributed by atoms with Gasteiger partial charge in [-0.05, 0) is 55.7 Å². The molecular formula is C22H26ClN3O2. The van der Waals surface area contributed by atoms with E-state index in [-0.39, 0.29) is 24.4 Å². The Morgan fingerprint density at radius 2 is 1.82 bits per heavy atom. The highest BCUT2D eigenvalue weighted by molar-refractivity contribution is 6.31. The number of hydrogen-bond donors (Lipinski definition) is 3. The van der Waals surface area contributed by atoms with E-state index in [1.807, 2.05) is 31.2 Å². The van der Waals surface area contributed by atoms with Crippen molar-refractivity contribution in [3.63, 3.8) is 0 Å². The molecule has 28 heavy (non-hydrogen) atoms. The average Bonchev–Trinajstić information content (AvgIpc) is 2.70. The molecule has 3 rings (SSSR count). The Balaban J connectivity index is 1.52. The lowest BCUT2D eigenvalue weighted by molar-refractivity contribution is -0.114. The molecule has 6 heteroatoms. The number of carbonyl (C=O) groups excluding carboxylic acids is 2. The van der Waals surface area contributed by atoms with Gasteiger partial charge in [0.25, 0.3) is 5.91 Å². The fourth-order valence-electron chi connectivity index (χ4n) is 3.34. The van der Waals surface area contributed by atoms with Gasteiger partial charge in [-0.2, -0.15) is 0 Å². The number of halogens is 1. The van der Waals surface area contributed by atoms with Crippen LogP contribution < -0.4 is 16.0 Å². The van der Waals surface area contributed by atoms with E-state index in [0.717, 1.165) is 24.1 Å². The Bertz CT molecular complexity index is 847. The fraction of sp³-hybridized carbons (Fsp3) is 0.364. The van der Waals surface area contributed by atoms with E-state index in [9.17, 15) is 9.59 Å². The summed E-state index contributed by atoms with van der Waals surface area (Å²) in [6.45, 7) is 2.01. The van der Waals surface area contributed by atoms with Crippen molar-refractivity contribution in [2.45, 2.75) is 45.1 Å². The van der Waals surface area contributed by atoms with Crippen LogP contribution in [0.3, 0.4) is 0 Å². The summed E-state index contributed by atoms with van der Waals surface area (Å²) < 4.78 is 0. The third-order valence-corrected chi connectivity index (χ3v) is 5.38. The number of carbonyl (C=O) groups is 2. The molecule has 3 N–H and O–H groups in total. The van der Waals surface area contributed by atoms with E-state index in [1.165, 1.54) is 19.3 Å². The van der Waals surface area contributed by atoms with Crippen LogP contribution in [0.1, 0.15) is 48.0 Å². The second-order valence-corrected chi connectivity index (χ2v) is 7.66. The quantitative estimate of drug-likeness (QED) is 0.655. The number of anilines is 2. The maximum atomic E-state index is 12.5. The van der Waals surface area contributed by atoms with Gasteiger partial charge in [-0.25, -0.2) is 0 Å². The van der Waals surface area contributed by atoms with Crippen LogP contribution in [-0.4, -0.2) is 24.4 Å². The molecule has 1 saturated carbocycles. The Morgan fingerprint density at radius 3 is 2.57 bits per heavy atom. The number of rotatable bonds is 6. The Hall–Kier alpha value is -2.53. The van der Waals surface area contributed by atoms with E-state index in [4.69, 9.17) is 11.6 Å². The highest BCUT2D eigenvalue weighted by atomic mass is 35.5. The van der Waals surface area contributed by atoms with E-state index in [1.54, 1.807) is 18.2 Å². The van der Waals surface area contributed by atoms with Crippen molar-refractivity contribution in [2.75, 3.05) is 17.2 Å². The second-order valence-electron chi connectivity index (χ2n) is 7.25. The number of benzene rings is 2. The first-order chi connectivity index (χ1) is 13.5. The molecule has 0 bridgehead atoms. The summed E-state index contributed by atoms with van der Waals surface area (Å²) in [5.74, 6) is -0.244. The van der Waals surface area contributed by atoms with Crippen molar-refractivity contribution in [1.29, 1.82) is 0 Å². The van der Waals surface area contributed by atoms with Gasteiger partial charge in [0.1, 0.15) is 0 Å². The SMILES string of the molecule is Cc1ccc(NC(=O)CNc2cccc(C(=O)NC3CCCCC3)c2)cc1Cl. The minimum atomic E-state index is -0.183. The maximum Gasteiger partial charge on any atom is 0.251 e. The molecule has 0 atom stereocenters. The smallest absolute Gasteiger partial charge is 0.251 e. The highest BCUT2D eigenvalue weighted by Gasteiger charge is 2.16. The highest BCUT2D eigenvalue weighted by Crippen LogP contribution is 2.20. The standard InChI is InChI=1S/C22H26ClN3O2/c1-15-10-11-19(13-20(15)23)25-21(27)14-24-18-9-5-6-16(12-18)22(28)26-17-7-3-2-4-8-17/h5-6,9-13,17,24H,2-4,7-8,14H2,1H3,(H,25,27)(H,26,28). The van der Waals surface area contributed by atoms with Crippen LogP contribution in [0.15, 0.2) is 42.5 Å². The number of nitrogens with one attached hydrogen (secondary N) is 3. The predicted molar refractivity (Wildman–Crippen MR) is 114 cm³/mol. The monoisotopic (exact) mass is 399 g/mol. The van der Waals surface area contributed by atoms with E-state index in [2.05, 4.69) is 16.0 Å². The third-order valence-electron chi connectivity index (χ3n) is 4.97. The van der Waals surface area contributed by atoms with Crippen LogP contribution in [-0.2, 0) is 4.79 Å². The van der Waals surface area contributed by atoms with Gasteiger partial charge < -0.3 is 16.0 Å². The zero-order valence-corrected chi connectivity index (χ0v) is 16.8. The lowest BCUT2D eigenvalue weighted by Gasteiger charge is -2.22. The van der Waals surface area contributed by atoms with Crippen LogP contribution >= 0.6 is 11.6 Å². The zero-order chi connectivity index (χ0) is 19.9. The lowest BCUT2D eigenvalue weighted by atomic mass is 9.95. The van der Waals surface area contributed by atoms with Crippen molar-refractivity contribution in [2.24, 2.45) is 0 Å². The van der Waals surface area contributed by atoms with Crippen LogP contribution in [0.4, 0.5) is 11.4 Å². The Labute approximate surface area is 170 Å². The van der Waals surface area contributed by atoms with Gasteiger partial charge in [-0.3, -0.25) is 9.59 Å². The first kappa shape index (κ1) is 20.2. The van der Waals surface area contributed by atoms with Crippen molar-refractivity contribution in [3.05, 3.63) is 58.6 Å². The van der Waals surface area contributed by atoms with E-state index < -0.39 is 0 Å². The molecular weight excluding hydrogens is 374 g/mol. The number of hydrogen-bond acceptors (Lipinski definition) is 3. The van der Waals surface area contributed by atoms with E-state index >= 15 is 0 Å². The van der Waals surface area contributed by atoms with E-state index in [0.29, 0.717) is 16.3 Å². The summed E-state index contributed by atoms with van der Waals surface area (Å²) >= 11 is 6.08. The molecule has 2 amide bonds. The van der Waals surface area contributed by atoms with Crippen LogP contribution in [0.5, 0.6) is 0 Å². The lowest BCUT2D eigenvalue weighted by Crippen LogP contribution is -2.36. The second kappa shape index (κ2) is 9.60. The summed E-state index contributed by atoms with van der Waals surface area (Å²) in [6.07, 6.45) is 5.70. The van der Waals surface area contributed by atoms with Crippen molar-refractivity contribution < 1.29 is 9.59 Å². The molecule has 1 fully saturated rings. The molecule has 0 unspecified atom stereocenters. The van der Waals surface area contributed by atoms with Gasteiger partial charge in [0.15, 0.2) is 0 Å². The van der Waals surface area contributed by atoms with Crippen LogP contribution in [0, 0.1) is 6.92 Å². The summed E-state index contributed by atoms with van der Waals surface area (Å²) in [5, 5.41) is 9.60. The van der Waals surface area contributed by atoms with Crippen molar-refractivity contribution in [1.82, 2.24) is 5.32 Å². The first-order valence-corrected chi connectivity index (χ1v) is 10.1. The van der Waals surface area contributed by atoms with Crippen LogP contribution in [0.2, 0.25) is 5.02 Å². The summed E-state index contributed by atoms with van der Waals surface area (Å²) in [6, 6.07) is 12.9. The molecule has 0 aliphatic heterocycles. The Kier molecular flexibility index (Phi) is 6.93. The zero-order valence-electron chi connectivity index (χ0n) is 16.1. The Morgan fingerprint density at radius 1 is 1.04 bits per heavy atom. The van der Waals surface area contributed by atoms with Crippen molar-refractivity contribution in [3.8, 4) is 0 Å². The van der Waals surface area contributed by atoms with Gasteiger partial charge in [0, 0.05) is 28.0 Å². The number of amides is 2. The molecule has 0 spiro atoms. The summed E-state index contributed by atoms with van der Waals surface area (Å²) in [5.41, 5.74) is 2.94. The van der Waals surface area contributed by atoms with Gasteiger partial charge >= 0.3 is 0 Å². The molecule has 0 heterocycles. The first-order valence-electron chi connectivity index (χ1n) is 9.72. The molecule has 1 aliphatic rings. The van der Waals surface area contributed by atoms with Gasteiger partial charge in [0.2, 0.25) is 5.91 Å². The molecule has 2 aromatic rings. The largest absolute Gasteiger partial charge is 0.376 e. The normalized spacial score (nSPS) is 14.4. The molecule has 0 radical (unpaired) electrons. The average molecular weight is 400 g/mol. The third kappa shape index (κ3) is 5.73. The van der Waals surface area contributed by atoms with Crippen molar-refractivity contribution >= 4 is 34.8 Å². The minimum Gasteiger partial charge on any atom is -0.376 e. The molecule has 2 aromatic carbocycles. The molecule has 0 saturated heterocycles.